The summed E-state index contributed by atoms with van der Waals surface area (Å²) in [6, 6.07) is -0.612. The molecule has 0 saturated heterocycles. The van der Waals surface area contributed by atoms with E-state index in [1.165, 1.54) is 116 Å². The number of carbonyl (C=O) groups is 3. The standard InChI is InChI=1S/C46H85NO7/c1-6-8-10-12-14-16-17-18-19-20-21-22-23-24-25-26-27-28-29-31-33-35-37-45(49)54-42(40-52-39-38-43(46(50)51)47(3,4)5)41-53-44(48)36-34-32-30-15-13-11-9-7-2/h20-21,23-24,42-43H,6-19,22,25-41H2,1-5H3/p+1/b21-20+,24-23+. The van der Waals surface area contributed by atoms with Gasteiger partial charge in [-0.05, 0) is 44.9 Å². The van der Waals surface area contributed by atoms with Crippen LogP contribution in [0, 0.1) is 0 Å². The molecule has 0 fully saturated rings. The van der Waals surface area contributed by atoms with E-state index in [1.54, 1.807) is 0 Å². The van der Waals surface area contributed by atoms with Gasteiger partial charge in [-0.1, -0.05) is 160 Å². The number of nitrogens with zero attached hydrogens (tertiary/aromatic N) is 1. The number of hydrogen-bond acceptors (Lipinski definition) is 6. The fourth-order valence-electron chi connectivity index (χ4n) is 6.59. The first kappa shape index (κ1) is 51.8. The van der Waals surface area contributed by atoms with Crippen LogP contribution in [-0.2, 0) is 28.6 Å². The number of carboxylic acids is 1. The number of rotatable bonds is 40. The molecule has 0 aromatic rings. The van der Waals surface area contributed by atoms with Crippen molar-refractivity contribution in [1.82, 2.24) is 0 Å². The third-order valence-electron chi connectivity index (χ3n) is 10.1. The third kappa shape index (κ3) is 35.5. The van der Waals surface area contributed by atoms with E-state index < -0.39 is 18.1 Å². The van der Waals surface area contributed by atoms with Crippen molar-refractivity contribution < 1.29 is 38.2 Å². The molecule has 0 rings (SSSR count). The number of hydrogen-bond donors (Lipinski definition) is 1. The molecule has 0 aliphatic rings. The maximum Gasteiger partial charge on any atom is 0.362 e. The number of allylic oxidation sites excluding steroid dienone is 4. The van der Waals surface area contributed by atoms with Gasteiger partial charge in [-0.3, -0.25) is 9.59 Å². The van der Waals surface area contributed by atoms with Crippen molar-refractivity contribution >= 4 is 17.9 Å². The number of carbonyl (C=O) groups excluding carboxylic acids is 2. The third-order valence-corrected chi connectivity index (χ3v) is 10.1. The number of quaternary nitrogens is 1. The highest BCUT2D eigenvalue weighted by Crippen LogP contribution is 2.14. The second-order valence-electron chi connectivity index (χ2n) is 16.3. The zero-order chi connectivity index (χ0) is 40.0. The Morgan fingerprint density at radius 3 is 1.43 bits per heavy atom. The topological polar surface area (TPSA) is 99.1 Å². The van der Waals surface area contributed by atoms with Crippen LogP contribution in [0.15, 0.2) is 24.3 Å². The highest BCUT2D eigenvalue weighted by molar-refractivity contribution is 5.72. The van der Waals surface area contributed by atoms with E-state index in [0.717, 1.165) is 51.4 Å². The molecule has 0 spiro atoms. The van der Waals surface area contributed by atoms with Gasteiger partial charge in [0, 0.05) is 19.3 Å². The lowest BCUT2D eigenvalue weighted by Crippen LogP contribution is -2.50. The van der Waals surface area contributed by atoms with Crippen molar-refractivity contribution in [2.24, 2.45) is 0 Å². The van der Waals surface area contributed by atoms with Gasteiger partial charge in [-0.15, -0.1) is 0 Å². The molecular weight excluding hydrogens is 679 g/mol. The summed E-state index contributed by atoms with van der Waals surface area (Å²) in [6.45, 7) is 4.71. The van der Waals surface area contributed by atoms with Gasteiger partial charge in [0.2, 0.25) is 0 Å². The van der Waals surface area contributed by atoms with Crippen molar-refractivity contribution in [1.29, 1.82) is 0 Å². The first-order valence-corrected chi connectivity index (χ1v) is 22.4. The normalized spacial score (nSPS) is 13.1. The van der Waals surface area contributed by atoms with E-state index in [1.807, 2.05) is 21.1 Å². The average Bonchev–Trinajstić information content (AvgIpc) is 3.12. The Labute approximate surface area is 332 Å². The van der Waals surface area contributed by atoms with Crippen LogP contribution >= 0.6 is 0 Å². The molecule has 0 aliphatic carbocycles. The van der Waals surface area contributed by atoms with Crippen molar-refractivity contribution in [3.05, 3.63) is 24.3 Å². The predicted octanol–water partition coefficient (Wildman–Crippen LogP) is 12.1. The molecule has 0 aliphatic heterocycles. The minimum Gasteiger partial charge on any atom is -0.477 e. The van der Waals surface area contributed by atoms with E-state index in [-0.39, 0.29) is 36.2 Å². The SMILES string of the molecule is CCCCCCCCCC/C=C/C/C=C/CCCCCCCCCC(=O)OC(COCCC(C(=O)O)[N+](C)(C)C)COC(=O)CCCCCCCCCC. The molecule has 0 radical (unpaired) electrons. The van der Waals surface area contributed by atoms with E-state index >= 15 is 0 Å². The van der Waals surface area contributed by atoms with Crippen LogP contribution < -0.4 is 0 Å². The first-order chi connectivity index (χ1) is 26.1. The van der Waals surface area contributed by atoms with Gasteiger partial charge in [0.15, 0.2) is 12.1 Å². The molecule has 8 heteroatoms. The van der Waals surface area contributed by atoms with Crippen LogP contribution in [0.3, 0.4) is 0 Å². The van der Waals surface area contributed by atoms with Crippen LogP contribution in [0.25, 0.3) is 0 Å². The predicted molar refractivity (Wildman–Crippen MR) is 225 cm³/mol. The van der Waals surface area contributed by atoms with Crippen molar-refractivity contribution in [2.45, 2.75) is 212 Å². The molecule has 0 saturated carbocycles. The zero-order valence-corrected chi connectivity index (χ0v) is 35.9. The van der Waals surface area contributed by atoms with Gasteiger partial charge in [0.05, 0.1) is 34.4 Å². The van der Waals surface area contributed by atoms with Crippen LogP contribution in [0.5, 0.6) is 0 Å². The van der Waals surface area contributed by atoms with Gasteiger partial charge in [-0.2, -0.15) is 0 Å². The summed E-state index contributed by atoms with van der Waals surface area (Å²) < 4.78 is 17.2. The van der Waals surface area contributed by atoms with Gasteiger partial charge in [0.1, 0.15) is 6.61 Å². The Balaban J connectivity index is 4.22. The number of likely N-dealkylation sites (N-methyl/N-ethyl adjacent to an activating group) is 1. The maximum atomic E-state index is 12.7. The quantitative estimate of drug-likeness (QED) is 0.0287. The van der Waals surface area contributed by atoms with Gasteiger partial charge in [-0.25, -0.2) is 4.79 Å². The first-order valence-electron chi connectivity index (χ1n) is 22.4. The van der Waals surface area contributed by atoms with Crippen LogP contribution in [0.4, 0.5) is 0 Å². The monoisotopic (exact) mass is 765 g/mol. The molecule has 316 valence electrons. The summed E-state index contributed by atoms with van der Waals surface area (Å²) in [4.78, 5) is 36.8. The van der Waals surface area contributed by atoms with E-state index in [2.05, 4.69) is 38.2 Å². The number of aliphatic carboxylic acids is 1. The van der Waals surface area contributed by atoms with Crippen LogP contribution in [-0.4, -0.2) is 80.6 Å². The van der Waals surface area contributed by atoms with Crippen LogP contribution in [0.1, 0.15) is 200 Å². The van der Waals surface area contributed by atoms with Gasteiger partial charge >= 0.3 is 17.9 Å². The maximum absolute atomic E-state index is 12.7. The second kappa shape index (κ2) is 37.7. The molecule has 0 bridgehead atoms. The number of ether oxygens (including phenoxy) is 3. The number of unbranched alkanes of at least 4 members (excludes halogenated alkanes) is 22. The Hall–Kier alpha value is -2.19. The molecule has 0 aromatic heterocycles. The van der Waals surface area contributed by atoms with E-state index in [9.17, 15) is 19.5 Å². The molecule has 0 heterocycles. The van der Waals surface area contributed by atoms with Gasteiger partial charge in [0.25, 0.3) is 0 Å². The van der Waals surface area contributed by atoms with E-state index in [4.69, 9.17) is 14.2 Å². The average molecular weight is 765 g/mol. The Morgan fingerprint density at radius 1 is 0.556 bits per heavy atom. The Morgan fingerprint density at radius 2 is 0.981 bits per heavy atom. The summed E-state index contributed by atoms with van der Waals surface area (Å²) in [5.74, 6) is -1.47. The molecule has 54 heavy (non-hydrogen) atoms. The summed E-state index contributed by atoms with van der Waals surface area (Å²) >= 11 is 0. The highest BCUT2D eigenvalue weighted by Gasteiger charge is 2.31. The van der Waals surface area contributed by atoms with Crippen molar-refractivity contribution in [2.75, 3.05) is 41.0 Å². The second-order valence-corrected chi connectivity index (χ2v) is 16.3. The molecular formula is C46H86NO7+. The molecule has 8 nitrogen and oxygen atoms in total. The minimum atomic E-state index is -0.876. The molecule has 0 aromatic carbocycles. The largest absolute Gasteiger partial charge is 0.477 e. The number of carboxylic acid groups (broad SMARTS) is 1. The Kier molecular flexibility index (Phi) is 36.2. The zero-order valence-electron chi connectivity index (χ0n) is 35.9. The highest BCUT2D eigenvalue weighted by atomic mass is 16.6. The summed E-state index contributed by atoms with van der Waals surface area (Å²) in [5, 5.41) is 9.60. The summed E-state index contributed by atoms with van der Waals surface area (Å²) in [6.07, 6.45) is 40.9. The molecule has 2 unspecified atom stereocenters. The smallest absolute Gasteiger partial charge is 0.362 e. The molecule has 2 atom stereocenters. The van der Waals surface area contributed by atoms with E-state index in [0.29, 0.717) is 19.3 Å². The lowest BCUT2D eigenvalue weighted by Gasteiger charge is -2.31. The fourth-order valence-corrected chi connectivity index (χ4v) is 6.59. The lowest BCUT2D eigenvalue weighted by atomic mass is 10.1. The lowest BCUT2D eigenvalue weighted by molar-refractivity contribution is -0.887. The van der Waals surface area contributed by atoms with Crippen LogP contribution in [0.2, 0.25) is 0 Å². The minimum absolute atomic E-state index is 0.0511. The fraction of sp³-hybridized carbons (Fsp3) is 0.848. The molecule has 1 N–H and O–H groups in total. The molecule has 0 amide bonds. The van der Waals surface area contributed by atoms with Crippen molar-refractivity contribution in [3.8, 4) is 0 Å². The summed E-state index contributed by atoms with van der Waals surface area (Å²) in [7, 11) is 5.52. The number of esters is 2. The van der Waals surface area contributed by atoms with Gasteiger partial charge < -0.3 is 23.8 Å². The Bertz CT molecular complexity index is 942. The van der Waals surface area contributed by atoms with Crippen molar-refractivity contribution in [3.63, 3.8) is 0 Å². The summed E-state index contributed by atoms with van der Waals surface area (Å²) in [5.41, 5.74) is 0.